The predicted octanol–water partition coefficient (Wildman–Crippen LogP) is 1.14. The minimum absolute atomic E-state index is 0.105. The summed E-state index contributed by atoms with van der Waals surface area (Å²) in [5, 5.41) is 5.21. The van der Waals surface area contributed by atoms with Gasteiger partial charge < -0.3 is 9.88 Å². The van der Waals surface area contributed by atoms with Crippen molar-refractivity contribution in [2.45, 2.75) is 13.1 Å². The Morgan fingerprint density at radius 3 is 2.73 bits per heavy atom. The molecule has 0 amide bonds. The van der Waals surface area contributed by atoms with Crippen LogP contribution in [0.15, 0.2) is 29.1 Å². The lowest BCUT2D eigenvalue weighted by Gasteiger charge is -2.09. The molecule has 1 N–H and O–H groups in total. The number of nitrogens with zero attached hydrogens (tertiary/aromatic N) is 1. The van der Waals surface area contributed by atoms with Crippen molar-refractivity contribution >= 4 is 10.8 Å². The molecule has 0 fully saturated rings. The zero-order chi connectivity index (χ0) is 10.4. The van der Waals surface area contributed by atoms with E-state index in [2.05, 4.69) is 5.32 Å². The van der Waals surface area contributed by atoms with Gasteiger partial charge in [-0.15, -0.1) is 0 Å². The van der Waals surface area contributed by atoms with E-state index in [9.17, 15) is 4.79 Å². The van der Waals surface area contributed by atoms with Gasteiger partial charge in [0, 0.05) is 31.2 Å². The first-order chi connectivity index (χ1) is 7.29. The van der Waals surface area contributed by atoms with E-state index in [1.807, 2.05) is 31.3 Å². The summed E-state index contributed by atoms with van der Waals surface area (Å²) >= 11 is 0. The molecule has 0 spiro atoms. The Hall–Kier alpha value is -1.61. The number of rotatable bonds is 0. The van der Waals surface area contributed by atoms with Crippen LogP contribution in [0.1, 0.15) is 11.3 Å². The van der Waals surface area contributed by atoms with Gasteiger partial charge in [0.25, 0.3) is 5.56 Å². The summed E-state index contributed by atoms with van der Waals surface area (Å²) in [5.41, 5.74) is 2.50. The van der Waals surface area contributed by atoms with Crippen LogP contribution >= 0.6 is 0 Å². The summed E-state index contributed by atoms with van der Waals surface area (Å²) in [6.07, 6.45) is 0. The van der Waals surface area contributed by atoms with Crippen LogP contribution in [0.3, 0.4) is 0 Å². The van der Waals surface area contributed by atoms with Gasteiger partial charge in [0.15, 0.2) is 0 Å². The first-order valence-electron chi connectivity index (χ1n) is 5.09. The second-order valence-electron chi connectivity index (χ2n) is 3.94. The highest BCUT2D eigenvalue weighted by atomic mass is 16.1. The highest BCUT2D eigenvalue weighted by Crippen LogP contribution is 2.22. The molecule has 0 radical (unpaired) electrons. The van der Waals surface area contributed by atoms with E-state index in [1.165, 1.54) is 5.56 Å². The normalized spacial score (nSPS) is 14.5. The lowest BCUT2D eigenvalue weighted by molar-refractivity contribution is 0.722. The van der Waals surface area contributed by atoms with Crippen LogP contribution in [-0.4, -0.2) is 4.57 Å². The number of hydrogen-bond acceptors (Lipinski definition) is 2. The summed E-state index contributed by atoms with van der Waals surface area (Å²) in [5.74, 6) is 0. The average Bonchev–Trinajstić information content (AvgIpc) is 2.75. The van der Waals surface area contributed by atoms with Gasteiger partial charge in [0.1, 0.15) is 0 Å². The van der Waals surface area contributed by atoms with E-state index >= 15 is 0 Å². The Labute approximate surface area is 87.3 Å². The van der Waals surface area contributed by atoms with E-state index < -0.39 is 0 Å². The molecular formula is C12H12N2O. The quantitative estimate of drug-likeness (QED) is 0.692. The maximum atomic E-state index is 12.0. The Morgan fingerprint density at radius 1 is 1.20 bits per heavy atom. The molecule has 0 aliphatic carbocycles. The monoisotopic (exact) mass is 200 g/mol. The van der Waals surface area contributed by atoms with Crippen LogP contribution in [0.5, 0.6) is 0 Å². The maximum absolute atomic E-state index is 12.0. The maximum Gasteiger partial charge on any atom is 0.258 e. The number of nitrogens with one attached hydrogen (secondary N) is 1. The SMILES string of the molecule is Cn1c2c(c3ccccc3c1=O)CNC2. The molecule has 1 aromatic carbocycles. The van der Waals surface area contributed by atoms with E-state index in [0.29, 0.717) is 0 Å². The highest BCUT2D eigenvalue weighted by Gasteiger charge is 2.17. The number of benzene rings is 1. The van der Waals surface area contributed by atoms with Crippen molar-refractivity contribution in [3.8, 4) is 0 Å². The van der Waals surface area contributed by atoms with Crippen molar-refractivity contribution in [3.63, 3.8) is 0 Å². The van der Waals surface area contributed by atoms with E-state index in [-0.39, 0.29) is 5.56 Å². The molecule has 0 unspecified atom stereocenters. The van der Waals surface area contributed by atoms with Gasteiger partial charge >= 0.3 is 0 Å². The summed E-state index contributed by atoms with van der Waals surface area (Å²) in [7, 11) is 1.85. The van der Waals surface area contributed by atoms with Gasteiger partial charge in [-0.1, -0.05) is 18.2 Å². The third kappa shape index (κ3) is 1.07. The lowest BCUT2D eigenvalue weighted by atomic mass is 10.1. The van der Waals surface area contributed by atoms with Gasteiger partial charge in [-0.05, 0) is 17.0 Å². The molecule has 0 atom stereocenters. The lowest BCUT2D eigenvalue weighted by Crippen LogP contribution is -2.21. The minimum atomic E-state index is 0.105. The molecule has 2 aromatic rings. The molecule has 2 heterocycles. The molecule has 3 heteroatoms. The Balaban J connectivity index is 2.58. The Morgan fingerprint density at radius 2 is 1.93 bits per heavy atom. The third-order valence-electron chi connectivity index (χ3n) is 3.13. The van der Waals surface area contributed by atoms with Crippen molar-refractivity contribution in [1.29, 1.82) is 0 Å². The molecule has 1 aromatic heterocycles. The minimum Gasteiger partial charge on any atom is -0.314 e. The zero-order valence-electron chi connectivity index (χ0n) is 8.58. The fourth-order valence-electron chi connectivity index (χ4n) is 2.32. The smallest absolute Gasteiger partial charge is 0.258 e. The highest BCUT2D eigenvalue weighted by molar-refractivity contribution is 5.85. The first-order valence-corrected chi connectivity index (χ1v) is 5.09. The van der Waals surface area contributed by atoms with Crippen molar-refractivity contribution in [3.05, 3.63) is 45.9 Å². The number of hydrogen-bond donors (Lipinski definition) is 1. The summed E-state index contributed by atoms with van der Waals surface area (Å²) in [6.45, 7) is 1.66. The van der Waals surface area contributed by atoms with Crippen molar-refractivity contribution in [2.75, 3.05) is 0 Å². The van der Waals surface area contributed by atoms with Crippen molar-refractivity contribution < 1.29 is 0 Å². The molecule has 1 aliphatic heterocycles. The van der Waals surface area contributed by atoms with Crippen LogP contribution in [-0.2, 0) is 20.1 Å². The first kappa shape index (κ1) is 8.68. The largest absolute Gasteiger partial charge is 0.314 e. The third-order valence-corrected chi connectivity index (χ3v) is 3.13. The van der Waals surface area contributed by atoms with Crippen LogP contribution in [0, 0.1) is 0 Å². The van der Waals surface area contributed by atoms with Gasteiger partial charge in [-0.25, -0.2) is 0 Å². The standard InChI is InChI=1S/C12H12N2O/c1-14-11-7-13-6-10(11)8-4-2-3-5-9(8)12(14)15/h2-5,13H,6-7H2,1H3. The van der Waals surface area contributed by atoms with Crippen molar-refractivity contribution in [2.24, 2.45) is 7.05 Å². The summed E-state index contributed by atoms with van der Waals surface area (Å²) in [4.78, 5) is 12.0. The number of pyridine rings is 1. The molecule has 76 valence electrons. The van der Waals surface area contributed by atoms with Crippen LogP contribution in [0.2, 0.25) is 0 Å². The second-order valence-corrected chi connectivity index (χ2v) is 3.94. The van der Waals surface area contributed by atoms with E-state index in [1.54, 1.807) is 4.57 Å². The summed E-state index contributed by atoms with van der Waals surface area (Å²) in [6, 6.07) is 7.83. The average molecular weight is 200 g/mol. The molecule has 15 heavy (non-hydrogen) atoms. The molecule has 3 nitrogen and oxygen atoms in total. The van der Waals surface area contributed by atoms with Crippen LogP contribution in [0.4, 0.5) is 0 Å². The molecule has 1 aliphatic rings. The number of aromatic nitrogens is 1. The van der Waals surface area contributed by atoms with Crippen LogP contribution in [0.25, 0.3) is 10.8 Å². The number of fused-ring (bicyclic) bond motifs is 3. The van der Waals surface area contributed by atoms with Gasteiger partial charge in [0.2, 0.25) is 0 Å². The topological polar surface area (TPSA) is 34.0 Å². The fourth-order valence-corrected chi connectivity index (χ4v) is 2.32. The molecule has 0 saturated heterocycles. The van der Waals surface area contributed by atoms with Gasteiger partial charge in [-0.3, -0.25) is 4.79 Å². The second kappa shape index (κ2) is 2.94. The molecular weight excluding hydrogens is 188 g/mol. The Kier molecular flexibility index (Phi) is 1.70. The molecule has 0 saturated carbocycles. The summed E-state index contributed by atoms with van der Waals surface area (Å²) < 4.78 is 1.76. The predicted molar refractivity (Wildman–Crippen MR) is 59.7 cm³/mol. The zero-order valence-corrected chi connectivity index (χ0v) is 8.58. The van der Waals surface area contributed by atoms with Crippen molar-refractivity contribution in [1.82, 2.24) is 9.88 Å². The molecule has 3 rings (SSSR count). The fraction of sp³-hybridized carbons (Fsp3) is 0.250. The van der Waals surface area contributed by atoms with Gasteiger partial charge in [-0.2, -0.15) is 0 Å². The van der Waals surface area contributed by atoms with Crippen LogP contribution < -0.4 is 10.9 Å². The van der Waals surface area contributed by atoms with Gasteiger partial charge in [0.05, 0.1) is 0 Å². The van der Waals surface area contributed by atoms with E-state index in [0.717, 1.165) is 29.6 Å². The Bertz CT molecular complexity index is 598. The van der Waals surface area contributed by atoms with E-state index in [4.69, 9.17) is 0 Å². The molecule has 0 bridgehead atoms.